The van der Waals surface area contributed by atoms with E-state index in [0.717, 1.165) is 29.2 Å². The molecule has 0 aliphatic carbocycles. The zero-order chi connectivity index (χ0) is 11.8. The first-order valence-corrected chi connectivity index (χ1v) is 5.87. The van der Waals surface area contributed by atoms with Crippen molar-refractivity contribution < 1.29 is 0 Å². The zero-order valence-corrected chi connectivity index (χ0v) is 9.72. The largest absolute Gasteiger partial charge is 0.333 e. The van der Waals surface area contributed by atoms with Gasteiger partial charge in [0, 0.05) is 11.8 Å². The summed E-state index contributed by atoms with van der Waals surface area (Å²) in [4.78, 5) is 10.8. The molecule has 1 aromatic rings. The van der Waals surface area contributed by atoms with Gasteiger partial charge in [0.15, 0.2) is 11.9 Å². The Morgan fingerprint density at radius 2 is 2.18 bits per heavy atom. The third-order valence-corrected chi connectivity index (χ3v) is 3.07. The fourth-order valence-corrected chi connectivity index (χ4v) is 2.34. The van der Waals surface area contributed by atoms with Crippen molar-refractivity contribution in [2.75, 3.05) is 6.54 Å². The summed E-state index contributed by atoms with van der Waals surface area (Å²) in [6.07, 6.45) is 2.91. The topological polar surface area (TPSA) is 51.8 Å². The molecule has 1 N–H and O–H groups in total. The van der Waals surface area contributed by atoms with Gasteiger partial charge in [-0.05, 0) is 12.5 Å². The molecule has 1 unspecified atom stereocenters. The van der Waals surface area contributed by atoms with E-state index in [9.17, 15) is 0 Å². The molecule has 1 atom stereocenters. The first-order chi connectivity index (χ1) is 8.31. The lowest BCUT2D eigenvalue weighted by Gasteiger charge is -2.21. The number of fused-ring (bicyclic) bond motifs is 2. The van der Waals surface area contributed by atoms with Crippen molar-refractivity contribution in [3.63, 3.8) is 0 Å². The van der Waals surface area contributed by atoms with E-state index in [0.29, 0.717) is 5.84 Å². The standard InChI is InChI=1S/C13H14N4/c1-2-7-17-8-15-11-12(17)9-5-3-4-6-10(9)16-13(11)14/h3-6,8,11,14H,2,7H2,1H3. The predicted molar refractivity (Wildman–Crippen MR) is 67.6 cm³/mol. The second-order valence-corrected chi connectivity index (χ2v) is 4.26. The van der Waals surface area contributed by atoms with Crippen LogP contribution in [0.15, 0.2) is 34.3 Å². The average molecular weight is 226 g/mol. The van der Waals surface area contributed by atoms with Crippen molar-refractivity contribution in [2.24, 2.45) is 9.98 Å². The highest BCUT2D eigenvalue weighted by molar-refractivity contribution is 6.00. The van der Waals surface area contributed by atoms with Crippen molar-refractivity contribution in [3.05, 3.63) is 34.8 Å². The molecular weight excluding hydrogens is 212 g/mol. The van der Waals surface area contributed by atoms with Crippen LogP contribution in [-0.4, -0.2) is 29.7 Å². The van der Waals surface area contributed by atoms with Crippen LogP contribution in [-0.2, 0) is 0 Å². The van der Waals surface area contributed by atoms with E-state index >= 15 is 0 Å². The molecule has 2 heterocycles. The average Bonchev–Trinajstić information content (AvgIpc) is 2.75. The Balaban J connectivity index is 2.27. The molecule has 0 amide bonds. The maximum atomic E-state index is 7.94. The summed E-state index contributed by atoms with van der Waals surface area (Å²) in [5, 5.41) is 9.94. The molecule has 0 radical (unpaired) electrons. The van der Waals surface area contributed by atoms with Gasteiger partial charge in [-0.1, -0.05) is 25.1 Å². The Hall–Kier alpha value is -1.97. The molecular formula is C13H14N4. The van der Waals surface area contributed by atoms with Crippen molar-refractivity contribution >= 4 is 17.9 Å². The second-order valence-electron chi connectivity index (χ2n) is 4.26. The summed E-state index contributed by atoms with van der Waals surface area (Å²) in [6.45, 7) is 3.09. The lowest BCUT2D eigenvalue weighted by molar-refractivity contribution is 0.583. The van der Waals surface area contributed by atoms with Crippen LogP contribution in [0.25, 0.3) is 5.70 Å². The van der Waals surface area contributed by atoms with E-state index in [1.165, 1.54) is 0 Å². The molecule has 4 nitrogen and oxygen atoms in total. The van der Waals surface area contributed by atoms with Gasteiger partial charge >= 0.3 is 0 Å². The van der Waals surface area contributed by atoms with Gasteiger partial charge in [0.05, 0.1) is 17.4 Å². The zero-order valence-electron chi connectivity index (χ0n) is 9.72. The second kappa shape index (κ2) is 3.80. The molecule has 4 heteroatoms. The normalized spacial score (nSPS) is 21.2. The lowest BCUT2D eigenvalue weighted by Crippen LogP contribution is -2.42. The smallest absolute Gasteiger partial charge is 0.152 e. The van der Waals surface area contributed by atoms with Crippen LogP contribution in [0.1, 0.15) is 13.3 Å². The maximum Gasteiger partial charge on any atom is 0.152 e. The molecule has 0 fully saturated rings. The van der Waals surface area contributed by atoms with Gasteiger partial charge in [-0.25, -0.2) is 4.99 Å². The van der Waals surface area contributed by atoms with Crippen LogP contribution in [0.3, 0.4) is 0 Å². The number of rotatable bonds is 2. The van der Waals surface area contributed by atoms with Gasteiger partial charge in [0.2, 0.25) is 0 Å². The number of nitrogens with zero attached hydrogens (tertiary/aromatic N) is 3. The molecule has 0 saturated heterocycles. The highest BCUT2D eigenvalue weighted by atomic mass is 15.2. The van der Waals surface area contributed by atoms with Crippen molar-refractivity contribution in [1.29, 1.82) is 5.41 Å². The number of amidine groups is 1. The van der Waals surface area contributed by atoms with Crippen LogP contribution >= 0.6 is 0 Å². The van der Waals surface area contributed by atoms with Crippen LogP contribution < -0.4 is 10.6 Å². The van der Waals surface area contributed by atoms with Gasteiger partial charge in [-0.2, -0.15) is 0 Å². The van der Waals surface area contributed by atoms with E-state index in [1.54, 1.807) is 0 Å². The summed E-state index contributed by atoms with van der Waals surface area (Å²) in [5.74, 6) is 0.341. The summed E-state index contributed by atoms with van der Waals surface area (Å²) in [5.41, 5.74) is 1.11. The summed E-state index contributed by atoms with van der Waals surface area (Å²) in [6, 6.07) is 7.78. The quantitative estimate of drug-likeness (QED) is 0.785. The number of para-hydroxylation sites is 1. The fourth-order valence-electron chi connectivity index (χ4n) is 2.34. The Morgan fingerprint density at radius 3 is 3.00 bits per heavy atom. The van der Waals surface area contributed by atoms with Crippen LogP contribution in [0.2, 0.25) is 0 Å². The molecule has 0 bridgehead atoms. The van der Waals surface area contributed by atoms with Gasteiger partial charge in [0.25, 0.3) is 0 Å². The third-order valence-electron chi connectivity index (χ3n) is 3.07. The third kappa shape index (κ3) is 1.48. The van der Waals surface area contributed by atoms with E-state index in [4.69, 9.17) is 5.41 Å². The van der Waals surface area contributed by atoms with E-state index in [2.05, 4.69) is 27.9 Å². The molecule has 3 rings (SSSR count). The monoisotopic (exact) mass is 226 g/mol. The Kier molecular flexibility index (Phi) is 2.28. The van der Waals surface area contributed by atoms with E-state index in [1.807, 2.05) is 24.5 Å². The first-order valence-electron chi connectivity index (χ1n) is 5.87. The van der Waals surface area contributed by atoms with Gasteiger partial charge in [0.1, 0.15) is 0 Å². The maximum absolute atomic E-state index is 7.94. The molecule has 0 spiro atoms. The molecule has 86 valence electrons. The van der Waals surface area contributed by atoms with Crippen molar-refractivity contribution in [2.45, 2.75) is 19.4 Å². The molecule has 2 aliphatic rings. The van der Waals surface area contributed by atoms with Crippen molar-refractivity contribution in [3.8, 4) is 0 Å². The fraction of sp³-hybridized carbons (Fsp3) is 0.308. The molecule has 0 aromatic heterocycles. The van der Waals surface area contributed by atoms with Gasteiger partial charge < -0.3 is 4.90 Å². The van der Waals surface area contributed by atoms with Crippen molar-refractivity contribution in [1.82, 2.24) is 4.90 Å². The van der Waals surface area contributed by atoms with Crippen LogP contribution in [0.5, 0.6) is 0 Å². The Bertz CT molecular complexity index is 615. The molecule has 17 heavy (non-hydrogen) atoms. The van der Waals surface area contributed by atoms with E-state index in [-0.39, 0.29) is 6.04 Å². The summed E-state index contributed by atoms with van der Waals surface area (Å²) < 4.78 is 0. The number of hydrogen-bond acceptors (Lipinski definition) is 3. The lowest BCUT2D eigenvalue weighted by atomic mass is 10.1. The minimum absolute atomic E-state index is 0.198. The summed E-state index contributed by atoms with van der Waals surface area (Å²) >= 11 is 0. The number of benzene rings is 1. The minimum Gasteiger partial charge on any atom is -0.333 e. The summed E-state index contributed by atoms with van der Waals surface area (Å²) in [7, 11) is 0. The Labute approximate surface area is 99.5 Å². The molecule has 1 aromatic carbocycles. The van der Waals surface area contributed by atoms with Gasteiger partial charge in [-0.3, -0.25) is 10.4 Å². The Morgan fingerprint density at radius 1 is 1.35 bits per heavy atom. The number of hydrogen-bond donors (Lipinski definition) is 1. The first kappa shape index (κ1) is 10.2. The highest BCUT2D eigenvalue weighted by Gasteiger charge is 2.30. The van der Waals surface area contributed by atoms with Crippen LogP contribution in [0.4, 0.5) is 0 Å². The number of aliphatic imine (C=N–C) groups is 1. The molecule has 0 saturated carbocycles. The van der Waals surface area contributed by atoms with E-state index < -0.39 is 0 Å². The van der Waals surface area contributed by atoms with Crippen LogP contribution in [0, 0.1) is 5.41 Å². The number of nitrogens with one attached hydrogen (secondary N) is 1. The SMILES string of the molecule is CCCN1C=NC2C(=N)N=c3ccccc3=C21. The highest BCUT2D eigenvalue weighted by Crippen LogP contribution is 2.20. The predicted octanol–water partition coefficient (Wildman–Crippen LogP) is 0.528. The minimum atomic E-state index is -0.198. The van der Waals surface area contributed by atoms with Gasteiger partial charge in [-0.15, -0.1) is 0 Å². The molecule has 2 aliphatic heterocycles.